The molecule has 2 aliphatic rings. The first-order valence-electron chi connectivity index (χ1n) is 9.35. The normalized spacial score (nSPS) is 19.0. The number of hydrogen-bond donors (Lipinski definition) is 1. The highest BCUT2D eigenvalue weighted by Gasteiger charge is 2.39. The Balaban J connectivity index is 1.37. The van der Waals surface area contributed by atoms with Crippen LogP contribution in [0.5, 0.6) is 0 Å². The monoisotopic (exact) mass is 363 g/mol. The van der Waals surface area contributed by atoms with Gasteiger partial charge in [-0.2, -0.15) is 0 Å². The number of para-hydroxylation sites is 1. The number of hydrogen-bond acceptors (Lipinski definition) is 5. The summed E-state index contributed by atoms with van der Waals surface area (Å²) in [5.74, 6) is 0.237. The van der Waals surface area contributed by atoms with Gasteiger partial charge >= 0.3 is 0 Å². The highest BCUT2D eigenvalue weighted by atomic mass is 16.7. The van der Waals surface area contributed by atoms with Crippen molar-refractivity contribution in [2.75, 3.05) is 31.2 Å². The summed E-state index contributed by atoms with van der Waals surface area (Å²) >= 11 is 0. The van der Waals surface area contributed by atoms with Crippen LogP contribution in [-0.2, 0) is 9.47 Å². The van der Waals surface area contributed by atoms with Crippen molar-refractivity contribution in [2.24, 2.45) is 0 Å². The van der Waals surface area contributed by atoms with Crippen molar-refractivity contribution in [3.8, 4) is 11.4 Å². The summed E-state index contributed by atoms with van der Waals surface area (Å²) in [6.07, 6.45) is 1.77. The number of benzene rings is 2. The molecule has 0 saturated carbocycles. The fraction of sp³-hybridized carbons (Fsp3) is 0.333. The number of rotatable bonds is 2. The van der Waals surface area contributed by atoms with Gasteiger partial charge in [-0.05, 0) is 36.4 Å². The van der Waals surface area contributed by atoms with Crippen LogP contribution in [0.2, 0.25) is 0 Å². The van der Waals surface area contributed by atoms with Crippen molar-refractivity contribution in [1.82, 2.24) is 9.97 Å². The minimum Gasteiger partial charge on any atom is -0.371 e. The molecule has 6 heteroatoms. The lowest BCUT2D eigenvalue weighted by Crippen LogP contribution is -2.45. The first kappa shape index (κ1) is 16.5. The second-order valence-electron chi connectivity index (χ2n) is 7.07. The number of aromatic nitrogens is 2. The first-order valence-corrected chi connectivity index (χ1v) is 9.35. The smallest absolute Gasteiger partial charge is 0.259 e. The van der Waals surface area contributed by atoms with Gasteiger partial charge in [-0.15, -0.1) is 0 Å². The number of piperidine rings is 1. The second-order valence-corrected chi connectivity index (χ2v) is 7.07. The Morgan fingerprint density at radius 2 is 1.67 bits per heavy atom. The summed E-state index contributed by atoms with van der Waals surface area (Å²) in [7, 11) is 0. The summed E-state index contributed by atoms with van der Waals surface area (Å²) in [6.45, 7) is 3.21. The summed E-state index contributed by atoms with van der Waals surface area (Å²) in [5.41, 5.74) is 2.66. The first-order chi connectivity index (χ1) is 13.2. The van der Waals surface area contributed by atoms with Crippen molar-refractivity contribution < 1.29 is 9.47 Å². The van der Waals surface area contributed by atoms with Crippen LogP contribution in [0, 0.1) is 0 Å². The van der Waals surface area contributed by atoms with Crippen molar-refractivity contribution in [3.63, 3.8) is 0 Å². The molecule has 0 amide bonds. The maximum Gasteiger partial charge on any atom is 0.259 e. The molecule has 5 rings (SSSR count). The predicted molar refractivity (Wildman–Crippen MR) is 104 cm³/mol. The lowest BCUT2D eigenvalue weighted by Gasteiger charge is -2.38. The van der Waals surface area contributed by atoms with E-state index in [9.17, 15) is 4.79 Å². The lowest BCUT2D eigenvalue weighted by atomic mass is 10.0. The highest BCUT2D eigenvalue weighted by Crippen LogP contribution is 2.33. The average Bonchev–Trinajstić information content (AvgIpc) is 3.17. The third kappa shape index (κ3) is 3.01. The SMILES string of the molecule is O=c1[nH]c(-c2ccc(N3CCC4(CC3)OCCO4)cc2)nc2ccccc12. The summed E-state index contributed by atoms with van der Waals surface area (Å²) in [6, 6.07) is 15.6. The van der Waals surface area contributed by atoms with Crippen LogP contribution < -0.4 is 10.5 Å². The zero-order chi connectivity index (χ0) is 18.3. The standard InChI is InChI=1S/C21H21N3O3/c25-20-17-3-1-2-4-18(17)22-19(23-20)15-5-7-16(8-6-15)24-11-9-21(10-12-24)26-13-14-27-21/h1-8H,9-14H2,(H,22,23,25). The van der Waals surface area contributed by atoms with Crippen molar-refractivity contribution >= 4 is 16.6 Å². The molecule has 138 valence electrons. The topological polar surface area (TPSA) is 67.5 Å². The van der Waals surface area contributed by atoms with E-state index in [1.54, 1.807) is 6.07 Å². The quantitative estimate of drug-likeness (QED) is 0.758. The van der Waals surface area contributed by atoms with Gasteiger partial charge in [0.1, 0.15) is 5.82 Å². The zero-order valence-corrected chi connectivity index (χ0v) is 15.0. The number of aromatic amines is 1. The number of nitrogens with one attached hydrogen (secondary N) is 1. The minimum absolute atomic E-state index is 0.113. The van der Waals surface area contributed by atoms with Crippen LogP contribution in [-0.4, -0.2) is 42.1 Å². The highest BCUT2D eigenvalue weighted by molar-refractivity contribution is 5.79. The maximum atomic E-state index is 12.3. The summed E-state index contributed by atoms with van der Waals surface area (Å²) < 4.78 is 11.6. The number of anilines is 1. The van der Waals surface area contributed by atoms with Gasteiger partial charge in [0.15, 0.2) is 5.79 Å². The van der Waals surface area contributed by atoms with Crippen LogP contribution in [0.1, 0.15) is 12.8 Å². The van der Waals surface area contributed by atoms with Crippen LogP contribution in [0.4, 0.5) is 5.69 Å². The third-order valence-electron chi connectivity index (χ3n) is 5.46. The summed E-state index contributed by atoms with van der Waals surface area (Å²) in [5, 5.41) is 0.608. The molecule has 0 unspecified atom stereocenters. The van der Waals surface area contributed by atoms with Gasteiger partial charge in [0.05, 0.1) is 24.1 Å². The number of nitrogens with zero attached hydrogens (tertiary/aromatic N) is 2. The Bertz CT molecular complexity index is 1010. The van der Waals surface area contributed by atoms with Crippen molar-refractivity contribution in [2.45, 2.75) is 18.6 Å². The number of ether oxygens (including phenoxy) is 2. The van der Waals surface area contributed by atoms with Crippen molar-refractivity contribution in [1.29, 1.82) is 0 Å². The zero-order valence-electron chi connectivity index (χ0n) is 15.0. The molecule has 0 atom stereocenters. The van der Waals surface area contributed by atoms with E-state index < -0.39 is 0 Å². The van der Waals surface area contributed by atoms with Gasteiger partial charge in [-0.1, -0.05) is 12.1 Å². The molecule has 0 aliphatic carbocycles. The molecule has 2 aromatic carbocycles. The van der Waals surface area contributed by atoms with Crippen molar-refractivity contribution in [3.05, 3.63) is 58.9 Å². The molecule has 1 aromatic heterocycles. The van der Waals surface area contributed by atoms with Crippen LogP contribution in [0.15, 0.2) is 53.3 Å². The van der Waals surface area contributed by atoms with Gasteiger partial charge < -0.3 is 19.4 Å². The minimum atomic E-state index is -0.356. The van der Waals surface area contributed by atoms with Crippen LogP contribution >= 0.6 is 0 Å². The van der Waals surface area contributed by atoms with Gasteiger partial charge in [-0.3, -0.25) is 4.79 Å². The molecule has 0 radical (unpaired) electrons. The van der Waals surface area contributed by atoms with Crippen LogP contribution in [0.25, 0.3) is 22.3 Å². The second kappa shape index (κ2) is 6.48. The van der Waals surface area contributed by atoms with E-state index >= 15 is 0 Å². The molecule has 2 aliphatic heterocycles. The molecule has 3 heterocycles. The average molecular weight is 363 g/mol. The molecular formula is C21H21N3O3. The Morgan fingerprint density at radius 3 is 2.41 bits per heavy atom. The molecule has 3 aromatic rings. The molecule has 0 bridgehead atoms. The molecule has 6 nitrogen and oxygen atoms in total. The molecular weight excluding hydrogens is 342 g/mol. The molecule has 1 N–H and O–H groups in total. The fourth-order valence-electron chi connectivity index (χ4n) is 3.94. The Labute approximate surface area is 156 Å². The van der Waals surface area contributed by atoms with Gasteiger partial charge in [-0.25, -0.2) is 4.98 Å². The maximum absolute atomic E-state index is 12.3. The molecule has 2 fully saturated rings. The predicted octanol–water partition coefficient (Wildman–Crippen LogP) is 2.93. The fourth-order valence-corrected chi connectivity index (χ4v) is 3.94. The number of H-pyrrole nitrogens is 1. The Morgan fingerprint density at radius 1 is 0.963 bits per heavy atom. The van der Waals surface area contributed by atoms with E-state index in [1.807, 2.05) is 30.3 Å². The summed E-state index contributed by atoms with van der Waals surface area (Å²) in [4.78, 5) is 22.1. The molecule has 2 saturated heterocycles. The number of fused-ring (bicyclic) bond motifs is 1. The van der Waals surface area contributed by atoms with E-state index in [0.29, 0.717) is 29.9 Å². The van der Waals surface area contributed by atoms with E-state index in [2.05, 4.69) is 27.0 Å². The Kier molecular flexibility index (Phi) is 3.95. The largest absolute Gasteiger partial charge is 0.371 e. The van der Waals surface area contributed by atoms with Gasteiger partial charge in [0, 0.05) is 37.2 Å². The third-order valence-corrected chi connectivity index (χ3v) is 5.46. The molecule has 1 spiro atoms. The van der Waals surface area contributed by atoms with Gasteiger partial charge in [0.25, 0.3) is 5.56 Å². The van der Waals surface area contributed by atoms with E-state index in [-0.39, 0.29) is 11.3 Å². The van der Waals surface area contributed by atoms with Crippen LogP contribution in [0.3, 0.4) is 0 Å². The van der Waals surface area contributed by atoms with E-state index in [4.69, 9.17) is 9.47 Å². The van der Waals surface area contributed by atoms with E-state index in [1.165, 1.54) is 0 Å². The Hall–Kier alpha value is -2.70. The van der Waals surface area contributed by atoms with Gasteiger partial charge in [0.2, 0.25) is 0 Å². The van der Waals surface area contributed by atoms with E-state index in [0.717, 1.165) is 37.2 Å². The molecule has 27 heavy (non-hydrogen) atoms. The lowest BCUT2D eigenvalue weighted by molar-refractivity contribution is -0.169.